The van der Waals surface area contributed by atoms with E-state index in [4.69, 9.17) is 11.6 Å². The second-order valence-corrected chi connectivity index (χ2v) is 6.44. The van der Waals surface area contributed by atoms with Crippen molar-refractivity contribution < 1.29 is 0 Å². The first-order valence-corrected chi connectivity index (χ1v) is 10.1. The van der Waals surface area contributed by atoms with Crippen LogP contribution in [-0.2, 0) is 0 Å². The first kappa shape index (κ1) is 22.1. The maximum Gasteiger partial charge on any atom is 0.0223 e. The van der Waals surface area contributed by atoms with Gasteiger partial charge in [0.1, 0.15) is 0 Å². The molecule has 0 radical (unpaired) electrons. The largest absolute Gasteiger partial charge is 0.127 e. The smallest absolute Gasteiger partial charge is 0.0223 e. The molecule has 0 amide bonds. The van der Waals surface area contributed by atoms with Crippen LogP contribution in [0.25, 0.3) is 0 Å². The van der Waals surface area contributed by atoms with Crippen molar-refractivity contribution in [2.45, 2.75) is 97.3 Å². The Bertz CT molecular complexity index is 114. The molecule has 0 rings (SSSR count). The highest BCUT2D eigenvalue weighted by Crippen LogP contribution is 2.10. The first-order chi connectivity index (χ1) is 9.33. The average molecular weight is 356 g/mol. The molecule has 0 bridgehead atoms. The van der Waals surface area contributed by atoms with Crippen LogP contribution >= 0.6 is 27.5 Å². The van der Waals surface area contributed by atoms with Crippen LogP contribution in [0.4, 0.5) is 0 Å². The Morgan fingerprint density at radius 3 is 1.26 bits per heavy atom. The summed E-state index contributed by atoms with van der Waals surface area (Å²) in [5.74, 6) is 0.827. The van der Waals surface area contributed by atoms with E-state index in [9.17, 15) is 0 Å². The van der Waals surface area contributed by atoms with E-state index < -0.39 is 0 Å². The van der Waals surface area contributed by atoms with E-state index in [1.54, 1.807) is 0 Å². The summed E-state index contributed by atoms with van der Waals surface area (Å²) in [7, 11) is 0. The fourth-order valence-corrected chi connectivity index (χ4v) is 2.51. The normalized spacial score (nSPS) is 10.1. The molecular formula is C17H36BrCl. The van der Waals surface area contributed by atoms with Gasteiger partial charge < -0.3 is 0 Å². The molecule has 0 saturated carbocycles. The van der Waals surface area contributed by atoms with E-state index in [-0.39, 0.29) is 0 Å². The zero-order valence-electron chi connectivity index (χ0n) is 13.4. The van der Waals surface area contributed by atoms with Gasteiger partial charge in [0, 0.05) is 11.2 Å². The van der Waals surface area contributed by atoms with Gasteiger partial charge in [0.2, 0.25) is 0 Å². The van der Waals surface area contributed by atoms with Crippen LogP contribution in [0.15, 0.2) is 0 Å². The van der Waals surface area contributed by atoms with Crippen molar-refractivity contribution in [3.8, 4) is 0 Å². The molecule has 0 unspecified atom stereocenters. The highest BCUT2D eigenvalue weighted by Gasteiger charge is 1.91. The zero-order chi connectivity index (χ0) is 14.6. The molecule has 0 N–H and O–H groups in total. The molecule has 0 aliphatic heterocycles. The second kappa shape index (κ2) is 23.8. The summed E-state index contributed by atoms with van der Waals surface area (Å²) in [6.45, 7) is 4.45. The lowest BCUT2D eigenvalue weighted by Gasteiger charge is -2.00. The Labute approximate surface area is 136 Å². The van der Waals surface area contributed by atoms with Gasteiger partial charge in [-0.05, 0) is 12.8 Å². The average Bonchev–Trinajstić information content (AvgIpc) is 2.44. The Balaban J connectivity index is 0. The van der Waals surface area contributed by atoms with Gasteiger partial charge in [0.25, 0.3) is 0 Å². The topological polar surface area (TPSA) is 0 Å². The highest BCUT2D eigenvalue weighted by atomic mass is 79.9. The monoisotopic (exact) mass is 354 g/mol. The highest BCUT2D eigenvalue weighted by molar-refractivity contribution is 9.09. The summed E-state index contributed by atoms with van der Waals surface area (Å²) in [6.07, 6.45) is 18.1. The number of halogens is 2. The van der Waals surface area contributed by atoms with Crippen LogP contribution in [0.2, 0.25) is 0 Å². The number of hydrogen-bond acceptors (Lipinski definition) is 0. The van der Waals surface area contributed by atoms with Crippen LogP contribution in [0, 0.1) is 0 Å². The SMILES string of the molecule is CCCCCCCCCCCCBr.CCCCCCl. The van der Waals surface area contributed by atoms with Crippen molar-refractivity contribution in [2.75, 3.05) is 11.2 Å². The molecule has 19 heavy (non-hydrogen) atoms. The molecule has 0 fully saturated rings. The Morgan fingerprint density at radius 1 is 0.579 bits per heavy atom. The van der Waals surface area contributed by atoms with Gasteiger partial charge in [0.15, 0.2) is 0 Å². The molecule has 0 atom stereocenters. The minimum atomic E-state index is 0.827. The summed E-state index contributed by atoms with van der Waals surface area (Å²) in [5.41, 5.74) is 0. The van der Waals surface area contributed by atoms with E-state index in [2.05, 4.69) is 29.8 Å². The zero-order valence-corrected chi connectivity index (χ0v) is 15.7. The van der Waals surface area contributed by atoms with Crippen molar-refractivity contribution in [2.24, 2.45) is 0 Å². The van der Waals surface area contributed by atoms with Crippen molar-refractivity contribution in [1.29, 1.82) is 0 Å². The molecule has 0 saturated heterocycles. The fourth-order valence-electron chi connectivity index (χ4n) is 1.93. The molecule has 0 aromatic carbocycles. The maximum atomic E-state index is 5.38. The van der Waals surface area contributed by atoms with Crippen molar-refractivity contribution >= 4 is 27.5 Å². The van der Waals surface area contributed by atoms with E-state index >= 15 is 0 Å². The molecule has 0 aliphatic carbocycles. The van der Waals surface area contributed by atoms with E-state index in [0.717, 1.165) is 5.88 Å². The predicted octanol–water partition coefficient (Wildman–Crippen LogP) is 7.72. The third-order valence-corrected chi connectivity index (χ3v) is 4.05. The molecule has 0 heterocycles. The number of rotatable bonds is 13. The summed E-state index contributed by atoms with van der Waals surface area (Å²) in [4.78, 5) is 0. The summed E-state index contributed by atoms with van der Waals surface area (Å²) >= 11 is 8.84. The van der Waals surface area contributed by atoms with E-state index in [0.29, 0.717) is 0 Å². The van der Waals surface area contributed by atoms with E-state index in [1.807, 2.05) is 0 Å². The maximum absolute atomic E-state index is 5.38. The van der Waals surface area contributed by atoms with Crippen molar-refractivity contribution in [3.63, 3.8) is 0 Å². The quantitative estimate of drug-likeness (QED) is 0.234. The second-order valence-electron chi connectivity index (χ2n) is 5.27. The van der Waals surface area contributed by atoms with Gasteiger partial charge in [-0.1, -0.05) is 100 Å². The van der Waals surface area contributed by atoms with Gasteiger partial charge in [-0.3, -0.25) is 0 Å². The van der Waals surface area contributed by atoms with Crippen LogP contribution in [-0.4, -0.2) is 11.2 Å². The van der Waals surface area contributed by atoms with Gasteiger partial charge in [-0.25, -0.2) is 0 Å². The Hall–Kier alpha value is 0.770. The molecule has 0 aromatic heterocycles. The lowest BCUT2D eigenvalue weighted by atomic mass is 10.1. The van der Waals surface area contributed by atoms with Crippen LogP contribution in [0.3, 0.4) is 0 Å². The molecule has 2 heteroatoms. The summed E-state index contributed by atoms with van der Waals surface area (Å²) in [6, 6.07) is 0. The predicted molar refractivity (Wildman–Crippen MR) is 95.9 cm³/mol. The first-order valence-electron chi connectivity index (χ1n) is 8.45. The standard InChI is InChI=1S/C12H25Br.C5H11Cl/c1-2-3-4-5-6-7-8-9-10-11-12-13;1-2-3-4-5-6/h2-12H2,1H3;2-5H2,1H3. The summed E-state index contributed by atoms with van der Waals surface area (Å²) < 4.78 is 0. The Kier molecular flexibility index (Phi) is 27.7. The number of unbranched alkanes of at least 4 members (excludes halogenated alkanes) is 11. The Morgan fingerprint density at radius 2 is 0.947 bits per heavy atom. The van der Waals surface area contributed by atoms with Gasteiger partial charge in [-0.15, -0.1) is 11.6 Å². The third-order valence-electron chi connectivity index (χ3n) is 3.22. The summed E-state index contributed by atoms with van der Waals surface area (Å²) in [5, 5.41) is 1.18. The minimum Gasteiger partial charge on any atom is -0.127 e. The van der Waals surface area contributed by atoms with Crippen molar-refractivity contribution in [3.05, 3.63) is 0 Å². The number of hydrogen-bond donors (Lipinski definition) is 0. The fraction of sp³-hybridized carbons (Fsp3) is 1.00. The minimum absolute atomic E-state index is 0.827. The third kappa shape index (κ3) is 27.8. The molecule has 0 nitrogen and oxygen atoms in total. The number of alkyl halides is 2. The molecule has 0 aromatic rings. The van der Waals surface area contributed by atoms with E-state index in [1.165, 1.54) is 88.8 Å². The molecular weight excluding hydrogens is 320 g/mol. The lowest BCUT2D eigenvalue weighted by molar-refractivity contribution is 0.563. The van der Waals surface area contributed by atoms with Crippen LogP contribution in [0.1, 0.15) is 97.3 Å². The molecule has 0 spiro atoms. The van der Waals surface area contributed by atoms with Crippen LogP contribution < -0.4 is 0 Å². The molecule has 0 aliphatic rings. The lowest BCUT2D eigenvalue weighted by Crippen LogP contribution is -1.81. The van der Waals surface area contributed by atoms with Gasteiger partial charge in [0.05, 0.1) is 0 Å². The van der Waals surface area contributed by atoms with Gasteiger partial charge >= 0.3 is 0 Å². The molecule has 118 valence electrons. The van der Waals surface area contributed by atoms with Gasteiger partial charge in [-0.2, -0.15) is 0 Å². The van der Waals surface area contributed by atoms with Crippen molar-refractivity contribution in [1.82, 2.24) is 0 Å². The van der Waals surface area contributed by atoms with Crippen LogP contribution in [0.5, 0.6) is 0 Å².